The highest BCUT2D eigenvalue weighted by molar-refractivity contribution is 9.11. The van der Waals surface area contributed by atoms with Crippen LogP contribution in [0.2, 0.25) is 0 Å². The lowest BCUT2D eigenvalue weighted by Crippen LogP contribution is -1.95. The van der Waals surface area contributed by atoms with Gasteiger partial charge in [-0.25, -0.2) is 0 Å². The first-order chi connectivity index (χ1) is 6.57. The molecule has 74 valence electrons. The Labute approximate surface area is 90.7 Å². The molecule has 0 aliphatic rings. The van der Waals surface area contributed by atoms with Gasteiger partial charge in [-0.05, 0) is 36.0 Å². The first-order valence-electron chi connectivity index (χ1n) is 4.09. The molecule has 1 rings (SSSR count). The van der Waals surface area contributed by atoms with Gasteiger partial charge < -0.3 is 0 Å². The van der Waals surface area contributed by atoms with Crippen LogP contribution >= 0.6 is 15.9 Å². The van der Waals surface area contributed by atoms with Gasteiger partial charge in [-0.1, -0.05) is 22.0 Å². The lowest BCUT2D eigenvalue weighted by molar-refractivity contribution is -0.385. The molecular formula is C10H10BrNO2. The molecule has 14 heavy (non-hydrogen) atoms. The molecule has 0 aromatic heterocycles. The van der Waals surface area contributed by atoms with E-state index in [0.717, 1.165) is 11.1 Å². The minimum atomic E-state index is -0.361. The summed E-state index contributed by atoms with van der Waals surface area (Å²) in [6, 6.07) is 3.30. The van der Waals surface area contributed by atoms with E-state index in [0.29, 0.717) is 5.56 Å². The Morgan fingerprint density at radius 2 is 2.07 bits per heavy atom. The Balaban J connectivity index is 3.40. The molecule has 1 aromatic carbocycles. The number of halogens is 1. The zero-order valence-corrected chi connectivity index (χ0v) is 9.54. The Kier molecular flexibility index (Phi) is 3.41. The maximum Gasteiger partial charge on any atom is 0.272 e. The second-order valence-electron chi connectivity index (χ2n) is 2.99. The predicted octanol–water partition coefficient (Wildman–Crippen LogP) is 3.58. The van der Waals surface area contributed by atoms with E-state index in [9.17, 15) is 10.1 Å². The minimum Gasteiger partial charge on any atom is -0.258 e. The summed E-state index contributed by atoms with van der Waals surface area (Å²) in [7, 11) is 0. The number of nitro benzene ring substituents is 1. The minimum absolute atomic E-state index is 0.163. The molecule has 0 amide bonds. The van der Waals surface area contributed by atoms with Crippen molar-refractivity contribution in [2.24, 2.45) is 0 Å². The summed E-state index contributed by atoms with van der Waals surface area (Å²) in [5, 5.41) is 10.7. The van der Waals surface area contributed by atoms with Crippen LogP contribution in [0.15, 0.2) is 17.1 Å². The standard InChI is InChI=1S/C10H10BrNO2/c1-7-3-4-10(12(13)14)8(2)9(7)5-6-11/h3-6H,1-2H3/b6-5+. The van der Waals surface area contributed by atoms with Crippen LogP contribution in [0.1, 0.15) is 16.7 Å². The first kappa shape index (κ1) is 10.9. The summed E-state index contributed by atoms with van der Waals surface area (Å²) in [5.74, 6) is 0. The first-order valence-corrected chi connectivity index (χ1v) is 5.01. The van der Waals surface area contributed by atoms with Crippen molar-refractivity contribution >= 4 is 27.7 Å². The van der Waals surface area contributed by atoms with E-state index in [4.69, 9.17) is 0 Å². The number of benzene rings is 1. The molecule has 0 unspecified atom stereocenters. The molecule has 4 heteroatoms. The van der Waals surface area contributed by atoms with Crippen molar-refractivity contribution in [3.8, 4) is 0 Å². The highest BCUT2D eigenvalue weighted by Crippen LogP contribution is 2.25. The third kappa shape index (κ3) is 2.01. The Morgan fingerprint density at radius 3 is 2.57 bits per heavy atom. The molecule has 0 N–H and O–H groups in total. The molecular weight excluding hydrogens is 246 g/mol. The van der Waals surface area contributed by atoms with Crippen LogP contribution in [-0.2, 0) is 0 Å². The lowest BCUT2D eigenvalue weighted by atomic mass is 10.0. The number of rotatable bonds is 2. The third-order valence-electron chi connectivity index (χ3n) is 2.13. The highest BCUT2D eigenvalue weighted by Gasteiger charge is 2.13. The van der Waals surface area contributed by atoms with E-state index < -0.39 is 0 Å². The molecule has 3 nitrogen and oxygen atoms in total. The van der Waals surface area contributed by atoms with Gasteiger partial charge in [0.2, 0.25) is 0 Å². The molecule has 0 atom stereocenters. The molecule has 1 aromatic rings. The Hall–Kier alpha value is -1.16. The predicted molar refractivity (Wildman–Crippen MR) is 60.5 cm³/mol. The lowest BCUT2D eigenvalue weighted by Gasteiger charge is -2.04. The monoisotopic (exact) mass is 255 g/mol. The number of nitrogens with zero attached hydrogens (tertiary/aromatic N) is 1. The fourth-order valence-electron chi connectivity index (χ4n) is 1.37. The second-order valence-corrected chi connectivity index (χ2v) is 3.52. The van der Waals surface area contributed by atoms with Crippen molar-refractivity contribution in [2.45, 2.75) is 13.8 Å². The van der Waals surface area contributed by atoms with Crippen LogP contribution in [0, 0.1) is 24.0 Å². The van der Waals surface area contributed by atoms with E-state index >= 15 is 0 Å². The summed E-state index contributed by atoms with van der Waals surface area (Å²) < 4.78 is 0. The van der Waals surface area contributed by atoms with Crippen molar-refractivity contribution in [1.82, 2.24) is 0 Å². The SMILES string of the molecule is Cc1ccc([N+](=O)[O-])c(C)c1/C=C/Br. The van der Waals surface area contributed by atoms with Crippen molar-refractivity contribution in [3.05, 3.63) is 43.9 Å². The van der Waals surface area contributed by atoms with E-state index in [2.05, 4.69) is 15.9 Å². The van der Waals surface area contributed by atoms with Crippen LogP contribution in [0.4, 0.5) is 5.69 Å². The van der Waals surface area contributed by atoms with E-state index in [1.54, 1.807) is 18.0 Å². The number of aryl methyl sites for hydroxylation is 1. The maximum absolute atomic E-state index is 10.7. The highest BCUT2D eigenvalue weighted by atomic mass is 79.9. The van der Waals surface area contributed by atoms with Gasteiger partial charge in [0.25, 0.3) is 5.69 Å². The van der Waals surface area contributed by atoms with Gasteiger partial charge >= 0.3 is 0 Å². The van der Waals surface area contributed by atoms with E-state index in [1.807, 2.05) is 13.0 Å². The molecule has 0 bridgehead atoms. The van der Waals surface area contributed by atoms with Crippen molar-refractivity contribution < 1.29 is 4.92 Å². The van der Waals surface area contributed by atoms with Crippen LogP contribution < -0.4 is 0 Å². The van der Waals surface area contributed by atoms with Crippen molar-refractivity contribution in [1.29, 1.82) is 0 Å². The van der Waals surface area contributed by atoms with Crippen molar-refractivity contribution in [2.75, 3.05) is 0 Å². The van der Waals surface area contributed by atoms with E-state index in [1.165, 1.54) is 6.07 Å². The number of hydrogen-bond donors (Lipinski definition) is 0. The Bertz CT molecular complexity index is 399. The molecule has 0 saturated heterocycles. The summed E-state index contributed by atoms with van der Waals surface area (Å²) in [5.41, 5.74) is 2.79. The summed E-state index contributed by atoms with van der Waals surface area (Å²) in [6.45, 7) is 3.69. The zero-order valence-electron chi connectivity index (χ0n) is 7.95. The molecule has 0 aliphatic heterocycles. The molecule has 0 fully saturated rings. The van der Waals surface area contributed by atoms with Crippen molar-refractivity contribution in [3.63, 3.8) is 0 Å². The number of nitro groups is 1. The van der Waals surface area contributed by atoms with E-state index in [-0.39, 0.29) is 10.6 Å². The molecule has 0 spiro atoms. The van der Waals surface area contributed by atoms with Gasteiger partial charge in [0.1, 0.15) is 0 Å². The second kappa shape index (κ2) is 4.37. The van der Waals surface area contributed by atoms with Crippen LogP contribution in [0.25, 0.3) is 6.08 Å². The maximum atomic E-state index is 10.7. The van der Waals surface area contributed by atoms with Gasteiger partial charge in [0, 0.05) is 11.6 Å². The third-order valence-corrected chi connectivity index (χ3v) is 2.39. The quantitative estimate of drug-likeness (QED) is 0.599. The molecule has 0 aliphatic carbocycles. The summed E-state index contributed by atoms with van der Waals surface area (Å²) >= 11 is 3.17. The van der Waals surface area contributed by atoms with Gasteiger partial charge in [0.15, 0.2) is 0 Å². The van der Waals surface area contributed by atoms with Gasteiger partial charge in [-0.2, -0.15) is 0 Å². The topological polar surface area (TPSA) is 43.1 Å². The molecule has 0 saturated carbocycles. The van der Waals surface area contributed by atoms with Crippen LogP contribution in [0.5, 0.6) is 0 Å². The fraction of sp³-hybridized carbons (Fsp3) is 0.200. The Morgan fingerprint density at radius 1 is 1.43 bits per heavy atom. The average Bonchev–Trinajstić information content (AvgIpc) is 2.11. The van der Waals surface area contributed by atoms with Crippen LogP contribution in [0.3, 0.4) is 0 Å². The number of hydrogen-bond acceptors (Lipinski definition) is 2. The summed E-state index contributed by atoms with van der Waals surface area (Å²) in [6.07, 6.45) is 1.82. The largest absolute Gasteiger partial charge is 0.272 e. The summed E-state index contributed by atoms with van der Waals surface area (Å²) in [4.78, 5) is 12.0. The smallest absolute Gasteiger partial charge is 0.258 e. The van der Waals surface area contributed by atoms with Crippen LogP contribution in [-0.4, -0.2) is 4.92 Å². The van der Waals surface area contributed by atoms with Gasteiger partial charge in [-0.15, -0.1) is 0 Å². The van der Waals surface area contributed by atoms with Gasteiger partial charge in [0.05, 0.1) is 4.92 Å². The van der Waals surface area contributed by atoms with Gasteiger partial charge in [-0.3, -0.25) is 10.1 Å². The normalized spacial score (nSPS) is 10.8. The average molecular weight is 256 g/mol. The molecule has 0 heterocycles. The fourth-order valence-corrected chi connectivity index (χ4v) is 1.63. The molecule has 0 radical (unpaired) electrons. The zero-order chi connectivity index (χ0) is 10.7.